The predicted molar refractivity (Wildman–Crippen MR) is 121 cm³/mol. The highest BCUT2D eigenvalue weighted by Gasteiger charge is 2.20. The molecule has 1 aromatic heterocycles. The van der Waals surface area contributed by atoms with Crippen LogP contribution in [0.4, 0.5) is 5.00 Å². The van der Waals surface area contributed by atoms with E-state index < -0.39 is 10.0 Å². The van der Waals surface area contributed by atoms with Crippen molar-refractivity contribution in [3.63, 3.8) is 0 Å². The number of hydrogen-bond donors (Lipinski definition) is 3. The number of nitrogens with zero attached hydrogens (tertiary/aromatic N) is 2. The summed E-state index contributed by atoms with van der Waals surface area (Å²) in [5.74, 6) is 0.784. The molecule has 3 rings (SSSR count). The lowest BCUT2D eigenvalue weighted by molar-refractivity contribution is 0.463. The van der Waals surface area contributed by atoms with Crippen LogP contribution in [-0.4, -0.2) is 47.6 Å². The van der Waals surface area contributed by atoms with Crippen LogP contribution in [0.3, 0.4) is 0 Å². The zero-order valence-electron chi connectivity index (χ0n) is 16.9. The van der Waals surface area contributed by atoms with Crippen molar-refractivity contribution in [2.45, 2.75) is 31.2 Å². The smallest absolute Gasteiger partial charge is 0.215 e. The minimum Gasteiger partial charge on any atom is -0.363 e. The summed E-state index contributed by atoms with van der Waals surface area (Å²) in [6.07, 6.45) is 2.15. The molecule has 0 spiro atoms. The van der Waals surface area contributed by atoms with E-state index in [1.807, 2.05) is 24.3 Å². The molecule has 1 aliphatic rings. The molecule has 2 heterocycles. The lowest BCUT2D eigenvalue weighted by Crippen LogP contribution is -2.48. The van der Waals surface area contributed by atoms with Gasteiger partial charge in [-0.3, -0.25) is 4.99 Å². The molecule has 2 aromatic rings. The maximum atomic E-state index is 11.6. The van der Waals surface area contributed by atoms with Gasteiger partial charge in [-0.25, -0.2) is 13.1 Å². The predicted octanol–water partition coefficient (Wildman–Crippen LogP) is 2.13. The number of nitrogens with one attached hydrogen (secondary N) is 3. The maximum absolute atomic E-state index is 11.6. The Kier molecular flexibility index (Phi) is 7.51. The SMILES string of the molecule is CN=C(NCc1ccc(CS(=O)(=O)NC)cc1)NC1CCN(c2cccs2)CC1. The summed E-state index contributed by atoms with van der Waals surface area (Å²) in [6.45, 7) is 2.73. The van der Waals surface area contributed by atoms with Crippen LogP contribution in [0.5, 0.6) is 0 Å². The second-order valence-corrected chi connectivity index (χ2v) is 9.91. The molecule has 3 N–H and O–H groups in total. The Morgan fingerprint density at radius 1 is 1.17 bits per heavy atom. The number of thiophene rings is 1. The summed E-state index contributed by atoms with van der Waals surface area (Å²) in [5.41, 5.74) is 1.84. The molecule has 1 aromatic carbocycles. The third-order valence-corrected chi connectivity index (χ3v) is 7.29. The zero-order chi connectivity index (χ0) is 20.7. The van der Waals surface area contributed by atoms with Gasteiger partial charge in [0.1, 0.15) is 0 Å². The van der Waals surface area contributed by atoms with Crippen LogP contribution < -0.4 is 20.3 Å². The van der Waals surface area contributed by atoms with E-state index in [9.17, 15) is 8.42 Å². The second-order valence-electron chi connectivity index (χ2n) is 7.06. The third-order valence-electron chi connectivity index (χ3n) is 5.03. The van der Waals surface area contributed by atoms with Crippen LogP contribution in [0.15, 0.2) is 46.8 Å². The first-order valence-electron chi connectivity index (χ1n) is 9.74. The standard InChI is InChI=1S/C20H29N5O2S2/c1-21-20(24-18-9-11-25(12-10-18)19-4-3-13-28-19)23-14-16-5-7-17(8-6-16)15-29(26,27)22-2/h3-8,13,18,22H,9-12,14-15H2,1-2H3,(H2,21,23,24). The molecular weight excluding hydrogens is 406 g/mol. The number of benzene rings is 1. The van der Waals surface area contributed by atoms with E-state index in [2.05, 4.69) is 42.8 Å². The Hall–Kier alpha value is -2.10. The first-order valence-corrected chi connectivity index (χ1v) is 12.3. The van der Waals surface area contributed by atoms with Crippen molar-refractivity contribution in [1.82, 2.24) is 15.4 Å². The number of hydrogen-bond acceptors (Lipinski definition) is 5. The number of rotatable bonds is 7. The van der Waals surface area contributed by atoms with Crippen molar-refractivity contribution < 1.29 is 8.42 Å². The van der Waals surface area contributed by atoms with Gasteiger partial charge in [-0.1, -0.05) is 24.3 Å². The van der Waals surface area contributed by atoms with Gasteiger partial charge in [0.2, 0.25) is 10.0 Å². The van der Waals surface area contributed by atoms with Gasteiger partial charge in [0, 0.05) is 32.7 Å². The Morgan fingerprint density at radius 3 is 2.45 bits per heavy atom. The van der Waals surface area contributed by atoms with Crippen molar-refractivity contribution in [1.29, 1.82) is 0 Å². The summed E-state index contributed by atoms with van der Waals surface area (Å²) in [4.78, 5) is 6.78. The fraction of sp³-hybridized carbons (Fsp3) is 0.450. The highest BCUT2D eigenvalue weighted by atomic mass is 32.2. The Labute approximate surface area is 177 Å². The van der Waals surface area contributed by atoms with Gasteiger partial charge in [0.25, 0.3) is 0 Å². The van der Waals surface area contributed by atoms with Crippen molar-refractivity contribution in [2.24, 2.45) is 4.99 Å². The summed E-state index contributed by atoms with van der Waals surface area (Å²) < 4.78 is 25.6. The molecular formula is C20H29N5O2S2. The van der Waals surface area contributed by atoms with E-state index in [0.29, 0.717) is 12.6 Å². The average molecular weight is 436 g/mol. The van der Waals surface area contributed by atoms with Crippen LogP contribution in [0, 0.1) is 0 Å². The molecule has 7 nitrogen and oxygen atoms in total. The lowest BCUT2D eigenvalue weighted by atomic mass is 10.1. The van der Waals surface area contributed by atoms with E-state index in [1.54, 1.807) is 18.4 Å². The van der Waals surface area contributed by atoms with E-state index >= 15 is 0 Å². The molecule has 9 heteroatoms. The molecule has 0 aliphatic carbocycles. The van der Waals surface area contributed by atoms with E-state index in [-0.39, 0.29) is 5.75 Å². The van der Waals surface area contributed by atoms with Gasteiger partial charge in [0.15, 0.2) is 5.96 Å². The highest BCUT2D eigenvalue weighted by molar-refractivity contribution is 7.88. The molecule has 0 bridgehead atoms. The van der Waals surface area contributed by atoms with E-state index in [0.717, 1.165) is 43.0 Å². The molecule has 1 fully saturated rings. The molecule has 0 unspecified atom stereocenters. The first-order chi connectivity index (χ1) is 14.0. The summed E-state index contributed by atoms with van der Waals surface area (Å²) >= 11 is 1.79. The molecule has 29 heavy (non-hydrogen) atoms. The van der Waals surface area contributed by atoms with Crippen LogP contribution in [0.1, 0.15) is 24.0 Å². The molecule has 0 radical (unpaired) electrons. The minimum absolute atomic E-state index is 0.00932. The van der Waals surface area contributed by atoms with Gasteiger partial charge in [-0.05, 0) is 48.5 Å². The van der Waals surface area contributed by atoms with Crippen molar-refractivity contribution in [2.75, 3.05) is 32.1 Å². The first kappa shape index (κ1) is 21.6. The Balaban J connectivity index is 1.45. The van der Waals surface area contributed by atoms with Gasteiger partial charge in [-0.2, -0.15) is 0 Å². The van der Waals surface area contributed by atoms with Gasteiger partial charge >= 0.3 is 0 Å². The Bertz CT molecular complexity index is 887. The molecule has 0 atom stereocenters. The fourth-order valence-electron chi connectivity index (χ4n) is 3.31. The molecule has 1 aliphatic heterocycles. The highest BCUT2D eigenvalue weighted by Crippen LogP contribution is 2.24. The van der Waals surface area contributed by atoms with Crippen LogP contribution in [0.2, 0.25) is 0 Å². The number of sulfonamides is 1. The van der Waals surface area contributed by atoms with Crippen LogP contribution >= 0.6 is 11.3 Å². The Morgan fingerprint density at radius 2 is 1.86 bits per heavy atom. The topological polar surface area (TPSA) is 85.8 Å². The van der Waals surface area contributed by atoms with E-state index in [4.69, 9.17) is 0 Å². The number of aliphatic imine (C=N–C) groups is 1. The van der Waals surface area contributed by atoms with Crippen molar-refractivity contribution >= 4 is 32.3 Å². The van der Waals surface area contributed by atoms with Crippen molar-refractivity contribution in [3.8, 4) is 0 Å². The van der Waals surface area contributed by atoms with Crippen LogP contribution in [-0.2, 0) is 22.3 Å². The molecule has 1 saturated heterocycles. The molecule has 0 amide bonds. The largest absolute Gasteiger partial charge is 0.363 e. The van der Waals surface area contributed by atoms with Crippen molar-refractivity contribution in [3.05, 3.63) is 52.9 Å². The quantitative estimate of drug-likeness (QED) is 0.458. The zero-order valence-corrected chi connectivity index (χ0v) is 18.5. The monoisotopic (exact) mass is 435 g/mol. The third kappa shape index (κ3) is 6.45. The minimum atomic E-state index is -3.25. The average Bonchev–Trinajstić information content (AvgIpc) is 3.27. The summed E-state index contributed by atoms with van der Waals surface area (Å²) in [5, 5.41) is 10.3. The van der Waals surface area contributed by atoms with Gasteiger partial charge < -0.3 is 15.5 Å². The van der Waals surface area contributed by atoms with Crippen LogP contribution in [0.25, 0.3) is 0 Å². The number of anilines is 1. The summed E-state index contributed by atoms with van der Waals surface area (Å²) in [6, 6.07) is 12.3. The number of piperidine rings is 1. The van der Waals surface area contributed by atoms with Gasteiger partial charge in [-0.15, -0.1) is 11.3 Å². The van der Waals surface area contributed by atoms with E-state index in [1.165, 1.54) is 12.0 Å². The van der Waals surface area contributed by atoms with Gasteiger partial charge in [0.05, 0.1) is 10.8 Å². The summed E-state index contributed by atoms with van der Waals surface area (Å²) in [7, 11) is -0.0390. The lowest BCUT2D eigenvalue weighted by Gasteiger charge is -2.33. The molecule has 158 valence electrons. The molecule has 0 saturated carbocycles. The normalized spacial score (nSPS) is 16.1. The fourth-order valence-corrected chi connectivity index (χ4v) is 4.87. The maximum Gasteiger partial charge on any atom is 0.215 e. The number of guanidine groups is 1. The second kappa shape index (κ2) is 10.1.